The molecule has 2 N–H and O–H groups in total. The van der Waals surface area contributed by atoms with Crippen LogP contribution in [0.15, 0.2) is 0 Å². The Morgan fingerprint density at radius 3 is 2.11 bits per heavy atom. The lowest BCUT2D eigenvalue weighted by atomic mass is 10.2. The maximum atomic E-state index is 10.1. The molecule has 4 nitrogen and oxygen atoms in total. The zero-order valence-corrected chi connectivity index (χ0v) is 5.00. The number of carboxylic acids is 1. The molecule has 1 atom stereocenters. The molecule has 0 rings (SSSR count). The summed E-state index contributed by atoms with van der Waals surface area (Å²) in [5, 5.41) is 16.5. The van der Waals surface area contributed by atoms with E-state index in [1.54, 1.807) is 0 Å². The lowest BCUT2D eigenvalue weighted by Gasteiger charge is -1.98. The van der Waals surface area contributed by atoms with Crippen LogP contribution in [0.1, 0.15) is 13.3 Å². The zero-order valence-electron chi connectivity index (χ0n) is 5.00. The molecule has 1 unspecified atom stereocenters. The Kier molecular flexibility index (Phi) is 2.87. The fraction of sp³-hybridized carbons (Fsp3) is 0.600. The van der Waals surface area contributed by atoms with Crippen molar-refractivity contribution in [1.82, 2.24) is 0 Å². The first-order valence-corrected chi connectivity index (χ1v) is 2.44. The number of carboxylic acid groups (broad SMARTS) is 1. The van der Waals surface area contributed by atoms with Crippen molar-refractivity contribution in [3.05, 3.63) is 0 Å². The van der Waals surface area contributed by atoms with Gasteiger partial charge in [-0.1, -0.05) is 0 Å². The Bertz CT molecular complexity index is 129. The van der Waals surface area contributed by atoms with Crippen molar-refractivity contribution < 1.29 is 19.8 Å². The number of hydrogen-bond donors (Lipinski definition) is 2. The van der Waals surface area contributed by atoms with Crippen LogP contribution in [-0.2, 0) is 9.59 Å². The number of carbonyl (C=O) groups excluding carboxylic acids is 1. The molecule has 9 heavy (non-hydrogen) atoms. The standard InChI is InChI=1S/C5H8O4/c1-3(6)2-4(7)5(8)9/h4,7H,2H2,1H3,(H,8,9). The van der Waals surface area contributed by atoms with Gasteiger partial charge < -0.3 is 10.2 Å². The number of aliphatic carboxylic acids is 1. The minimum absolute atomic E-state index is 0.310. The van der Waals surface area contributed by atoms with Crippen molar-refractivity contribution in [2.24, 2.45) is 0 Å². The average molecular weight is 132 g/mol. The van der Waals surface area contributed by atoms with Gasteiger partial charge in [-0.25, -0.2) is 4.79 Å². The monoisotopic (exact) mass is 132 g/mol. The molecule has 4 heteroatoms. The topological polar surface area (TPSA) is 74.6 Å². The summed E-state index contributed by atoms with van der Waals surface area (Å²) in [6.07, 6.45) is -1.85. The molecule has 52 valence electrons. The van der Waals surface area contributed by atoms with Gasteiger partial charge in [-0.15, -0.1) is 0 Å². The van der Waals surface area contributed by atoms with E-state index < -0.39 is 12.1 Å². The Balaban J connectivity index is 3.63. The van der Waals surface area contributed by atoms with Gasteiger partial charge in [0.2, 0.25) is 0 Å². The first-order chi connectivity index (χ1) is 4.04. The lowest BCUT2D eigenvalue weighted by Crippen LogP contribution is -2.21. The van der Waals surface area contributed by atoms with Crippen LogP contribution in [0.3, 0.4) is 0 Å². The van der Waals surface area contributed by atoms with Crippen LogP contribution in [0.25, 0.3) is 0 Å². The van der Waals surface area contributed by atoms with Gasteiger partial charge in [0.15, 0.2) is 6.10 Å². The normalized spacial score (nSPS) is 12.7. The highest BCUT2D eigenvalue weighted by molar-refractivity contribution is 5.83. The molecule has 0 spiro atoms. The van der Waals surface area contributed by atoms with Crippen LogP contribution in [0.2, 0.25) is 0 Å². The van der Waals surface area contributed by atoms with Crippen molar-refractivity contribution in [2.75, 3.05) is 0 Å². The molecule has 0 aliphatic heterocycles. The quantitative estimate of drug-likeness (QED) is 0.538. The molecule has 0 saturated carbocycles. The first kappa shape index (κ1) is 8.10. The fourth-order valence-electron chi connectivity index (χ4n) is 0.360. The first-order valence-electron chi connectivity index (χ1n) is 2.44. The van der Waals surface area contributed by atoms with Crippen molar-refractivity contribution in [3.63, 3.8) is 0 Å². The maximum absolute atomic E-state index is 10.1. The highest BCUT2D eigenvalue weighted by atomic mass is 16.4. The second kappa shape index (κ2) is 3.19. The summed E-state index contributed by atoms with van der Waals surface area (Å²) in [4.78, 5) is 20.0. The maximum Gasteiger partial charge on any atom is 0.332 e. The fourth-order valence-corrected chi connectivity index (χ4v) is 0.360. The SMILES string of the molecule is CC(=O)CC(O)C(=O)O. The van der Waals surface area contributed by atoms with Crippen LogP contribution in [0.5, 0.6) is 0 Å². The molecule has 0 amide bonds. The van der Waals surface area contributed by atoms with E-state index in [1.807, 2.05) is 0 Å². The van der Waals surface area contributed by atoms with Gasteiger partial charge in [-0.2, -0.15) is 0 Å². The number of ketones is 1. The van der Waals surface area contributed by atoms with Crippen molar-refractivity contribution >= 4 is 11.8 Å². The van der Waals surface area contributed by atoms with E-state index in [9.17, 15) is 9.59 Å². The van der Waals surface area contributed by atoms with Gasteiger partial charge in [0.05, 0.1) is 0 Å². The Morgan fingerprint density at radius 2 is 2.00 bits per heavy atom. The third-order valence-electron chi connectivity index (χ3n) is 0.766. The summed E-state index contributed by atoms with van der Waals surface area (Å²) in [5.74, 6) is -1.69. The minimum atomic E-state index is -1.54. The Morgan fingerprint density at radius 1 is 1.56 bits per heavy atom. The molecule has 0 aromatic carbocycles. The van der Waals surface area contributed by atoms with Crippen molar-refractivity contribution in [3.8, 4) is 0 Å². The zero-order chi connectivity index (χ0) is 7.44. The van der Waals surface area contributed by atoms with E-state index in [0.717, 1.165) is 0 Å². The third kappa shape index (κ3) is 3.66. The molecule has 0 aromatic rings. The Hall–Kier alpha value is -0.900. The van der Waals surface area contributed by atoms with Gasteiger partial charge in [-0.3, -0.25) is 4.79 Å². The summed E-state index contributed by atoms with van der Waals surface area (Å²) in [6.45, 7) is 1.23. The highest BCUT2D eigenvalue weighted by Crippen LogP contribution is 1.91. The van der Waals surface area contributed by atoms with Crippen LogP contribution in [0, 0.1) is 0 Å². The number of rotatable bonds is 3. The van der Waals surface area contributed by atoms with E-state index >= 15 is 0 Å². The van der Waals surface area contributed by atoms with Gasteiger partial charge in [-0.05, 0) is 6.92 Å². The molecule has 0 saturated heterocycles. The van der Waals surface area contributed by atoms with Crippen LogP contribution in [0.4, 0.5) is 0 Å². The summed E-state index contributed by atoms with van der Waals surface area (Å²) >= 11 is 0. The van der Waals surface area contributed by atoms with Crippen LogP contribution < -0.4 is 0 Å². The molecule has 0 heterocycles. The van der Waals surface area contributed by atoms with E-state index in [4.69, 9.17) is 10.2 Å². The summed E-state index contributed by atoms with van der Waals surface area (Å²) in [6, 6.07) is 0. The van der Waals surface area contributed by atoms with E-state index in [1.165, 1.54) is 6.92 Å². The minimum Gasteiger partial charge on any atom is -0.479 e. The van der Waals surface area contributed by atoms with Crippen LogP contribution in [-0.4, -0.2) is 28.1 Å². The lowest BCUT2D eigenvalue weighted by molar-refractivity contribution is -0.148. The average Bonchev–Trinajstić information content (AvgIpc) is 1.63. The number of Topliss-reactive ketones (excluding diaryl/α,β-unsaturated/α-hetero) is 1. The van der Waals surface area contributed by atoms with Gasteiger partial charge in [0.25, 0.3) is 0 Å². The smallest absolute Gasteiger partial charge is 0.332 e. The molecule has 0 aliphatic rings. The highest BCUT2D eigenvalue weighted by Gasteiger charge is 2.14. The second-order valence-corrected chi connectivity index (χ2v) is 1.76. The second-order valence-electron chi connectivity index (χ2n) is 1.76. The number of hydrogen-bond acceptors (Lipinski definition) is 3. The molecule has 0 fully saturated rings. The van der Waals surface area contributed by atoms with Crippen molar-refractivity contribution in [2.45, 2.75) is 19.4 Å². The number of aliphatic hydroxyl groups excluding tert-OH is 1. The number of aliphatic hydroxyl groups is 1. The van der Waals surface area contributed by atoms with Gasteiger partial charge in [0, 0.05) is 6.42 Å². The molecule has 0 bridgehead atoms. The third-order valence-corrected chi connectivity index (χ3v) is 0.766. The van der Waals surface area contributed by atoms with Crippen molar-refractivity contribution in [1.29, 1.82) is 0 Å². The molecule has 0 radical (unpaired) electrons. The largest absolute Gasteiger partial charge is 0.479 e. The molecular weight excluding hydrogens is 124 g/mol. The predicted molar refractivity (Wildman–Crippen MR) is 28.9 cm³/mol. The molecular formula is C5H8O4. The Labute approximate surface area is 52.1 Å². The van der Waals surface area contributed by atoms with Gasteiger partial charge in [0.1, 0.15) is 5.78 Å². The van der Waals surface area contributed by atoms with Gasteiger partial charge >= 0.3 is 5.97 Å². The van der Waals surface area contributed by atoms with E-state index in [0.29, 0.717) is 0 Å². The molecule has 0 aromatic heterocycles. The predicted octanol–water partition coefficient (Wildman–Crippen LogP) is -0.589. The van der Waals surface area contributed by atoms with E-state index in [2.05, 4.69) is 0 Å². The number of carbonyl (C=O) groups is 2. The summed E-state index contributed by atoms with van der Waals surface area (Å²) in [7, 11) is 0. The van der Waals surface area contributed by atoms with Crippen LogP contribution >= 0.6 is 0 Å². The van der Waals surface area contributed by atoms with E-state index in [-0.39, 0.29) is 12.2 Å². The summed E-state index contributed by atoms with van der Waals surface area (Å²) in [5.41, 5.74) is 0. The summed E-state index contributed by atoms with van der Waals surface area (Å²) < 4.78 is 0. The molecule has 0 aliphatic carbocycles.